The summed E-state index contributed by atoms with van der Waals surface area (Å²) in [5.74, 6) is -1.55. The molecule has 5 atom stereocenters. The van der Waals surface area contributed by atoms with Gasteiger partial charge in [0.15, 0.2) is 6.10 Å². The first-order valence-corrected chi connectivity index (χ1v) is 43.1. The minimum absolute atomic E-state index is 0.0261. The van der Waals surface area contributed by atoms with Crippen LogP contribution in [0.1, 0.15) is 329 Å². The molecule has 0 aliphatic heterocycles. The van der Waals surface area contributed by atoms with E-state index in [0.717, 1.165) is 199 Å². The first-order valence-electron chi connectivity index (χ1n) is 40.1. The molecule has 17 nitrogen and oxygen atoms in total. The van der Waals surface area contributed by atoms with Crippen molar-refractivity contribution in [3.63, 3.8) is 0 Å². The molecular formula is C83H144O17P2. The van der Waals surface area contributed by atoms with Gasteiger partial charge in [0.25, 0.3) is 0 Å². The molecule has 0 fully saturated rings. The molecule has 0 spiro atoms. The molecule has 0 heterocycles. The number of hydrogen-bond donors (Lipinski definition) is 3. The molecule has 0 aromatic carbocycles. The van der Waals surface area contributed by atoms with Crippen LogP contribution in [-0.4, -0.2) is 104 Å². The predicted octanol–water partition coefficient (Wildman–Crippen LogP) is 23.0. The zero-order valence-electron chi connectivity index (χ0n) is 64.0. The number of aliphatic hydroxyl groups is 1. The molecule has 0 amide bonds. The lowest BCUT2D eigenvalue weighted by Gasteiger charge is -2.21. The number of carbonyl (C=O) groups is 4. The quantitative estimate of drug-likeness (QED) is 0.00976. The summed E-state index contributed by atoms with van der Waals surface area (Å²) in [5, 5.41) is 10.6. The fourth-order valence-electron chi connectivity index (χ4n) is 10.5. The summed E-state index contributed by atoms with van der Waals surface area (Å²) in [6.45, 7) is 3.37. The van der Waals surface area contributed by atoms with Crippen LogP contribution in [0.3, 0.4) is 0 Å². The number of allylic oxidation sites excluding steroid dienone is 18. The Morgan fingerprint density at radius 2 is 0.618 bits per heavy atom. The average molecular weight is 1480 g/mol. The van der Waals surface area contributed by atoms with E-state index in [9.17, 15) is 43.2 Å². The second-order valence-electron chi connectivity index (χ2n) is 26.6. The molecule has 0 radical (unpaired) electrons. The Kier molecular flexibility index (Phi) is 73.4. The molecule has 0 aromatic heterocycles. The molecular weight excluding hydrogens is 1330 g/mol. The van der Waals surface area contributed by atoms with Crippen LogP contribution in [0, 0.1) is 0 Å². The number of phosphoric acid groups is 2. The van der Waals surface area contributed by atoms with E-state index in [0.29, 0.717) is 38.7 Å². The van der Waals surface area contributed by atoms with E-state index in [1.807, 2.05) is 12.2 Å². The lowest BCUT2D eigenvalue weighted by atomic mass is 10.1. The normalized spacial score (nSPS) is 14.5. The third-order valence-electron chi connectivity index (χ3n) is 16.7. The number of aldehydes is 1. The molecule has 0 aromatic rings. The van der Waals surface area contributed by atoms with Crippen LogP contribution in [0.15, 0.2) is 109 Å². The maximum Gasteiger partial charge on any atom is 0.472 e. The SMILES string of the molecule is CCCCC/C=C\C/C=C\C/C=C\C/C=C\CCCC(=O)O[C@H](COC(=O)CCCCCCC/C=C\C=C/CCCCCC)COP(=O)(O)OC[C@@H](O)COP(=O)(O)OC[C@@H](COC(=O)CCCCCCC/C=C\C/C=C\CCCCC)OCCCCCCCCC/C=C\CCCCCCC=O. The van der Waals surface area contributed by atoms with E-state index in [1.165, 1.54) is 64.2 Å². The van der Waals surface area contributed by atoms with Crippen molar-refractivity contribution in [2.45, 2.75) is 347 Å². The van der Waals surface area contributed by atoms with Gasteiger partial charge in [0.2, 0.25) is 0 Å². The van der Waals surface area contributed by atoms with Crippen LogP contribution in [-0.2, 0) is 65.4 Å². The average Bonchev–Trinajstić information content (AvgIpc) is 0.925. The van der Waals surface area contributed by atoms with Crippen molar-refractivity contribution < 1.29 is 80.2 Å². The van der Waals surface area contributed by atoms with Gasteiger partial charge in [0, 0.05) is 32.3 Å². The number of rotatable bonds is 77. The Bertz CT molecular complexity index is 2330. The van der Waals surface area contributed by atoms with Crippen molar-refractivity contribution in [1.29, 1.82) is 0 Å². The zero-order valence-corrected chi connectivity index (χ0v) is 65.8. The van der Waals surface area contributed by atoms with Gasteiger partial charge < -0.3 is 38.6 Å². The highest BCUT2D eigenvalue weighted by molar-refractivity contribution is 7.47. The number of carbonyl (C=O) groups excluding carboxylic acids is 4. The van der Waals surface area contributed by atoms with E-state index < -0.39 is 84.9 Å². The van der Waals surface area contributed by atoms with Gasteiger partial charge in [-0.2, -0.15) is 0 Å². The first-order chi connectivity index (χ1) is 49.8. The lowest BCUT2D eigenvalue weighted by Crippen LogP contribution is -2.30. The van der Waals surface area contributed by atoms with Crippen LogP contribution in [0.5, 0.6) is 0 Å². The van der Waals surface area contributed by atoms with Crippen molar-refractivity contribution >= 4 is 39.8 Å². The van der Waals surface area contributed by atoms with Gasteiger partial charge in [0.05, 0.1) is 26.4 Å². The largest absolute Gasteiger partial charge is 0.472 e. The van der Waals surface area contributed by atoms with Crippen LogP contribution in [0.4, 0.5) is 0 Å². The van der Waals surface area contributed by atoms with E-state index in [2.05, 4.69) is 118 Å². The van der Waals surface area contributed by atoms with Gasteiger partial charge in [-0.15, -0.1) is 0 Å². The molecule has 19 heteroatoms. The highest BCUT2D eigenvalue weighted by Gasteiger charge is 2.30. The van der Waals surface area contributed by atoms with E-state index in [-0.39, 0.29) is 25.9 Å². The fraction of sp³-hybridized carbons (Fsp3) is 0.735. The third kappa shape index (κ3) is 75.6. The van der Waals surface area contributed by atoms with Gasteiger partial charge in [0.1, 0.15) is 31.7 Å². The molecule has 0 aliphatic carbocycles. The molecule has 2 unspecified atom stereocenters. The molecule has 0 saturated carbocycles. The van der Waals surface area contributed by atoms with E-state index >= 15 is 0 Å². The second kappa shape index (κ2) is 76.5. The molecule has 588 valence electrons. The second-order valence-corrected chi connectivity index (χ2v) is 29.5. The van der Waals surface area contributed by atoms with Gasteiger partial charge >= 0.3 is 33.6 Å². The number of aliphatic hydroxyl groups excluding tert-OH is 1. The van der Waals surface area contributed by atoms with Crippen molar-refractivity contribution in [2.24, 2.45) is 0 Å². The molecule has 0 rings (SSSR count). The Morgan fingerprint density at radius 1 is 0.324 bits per heavy atom. The summed E-state index contributed by atoms with van der Waals surface area (Å²) in [4.78, 5) is 70.4. The van der Waals surface area contributed by atoms with E-state index in [4.69, 9.17) is 37.0 Å². The summed E-state index contributed by atoms with van der Waals surface area (Å²) in [6, 6.07) is 0. The Balaban J connectivity index is 5.36. The fourth-order valence-corrected chi connectivity index (χ4v) is 12.1. The third-order valence-corrected chi connectivity index (χ3v) is 18.6. The standard InChI is InChI=1S/C83H144O17P2/c1-4-7-10-13-16-19-22-25-28-29-34-39-44-49-54-59-64-69-83(88)100-80(75-95-82(87)68-63-58-53-48-43-38-33-27-24-21-18-15-12-9-6-3)77-99-102(91,92)97-73-78(85)72-96-101(89,90)98-76-79(93-71-66-61-56-51-46-41-36-31-30-35-40-45-50-55-60-65-70-84)74-94-81(86)67-62-57-52-47-42-37-32-26-23-20-17-14-11-8-5-2/h16-17,19-21,24-28,30,32-35,39,49,54,70,78-80,85H,4-15,18,22-23,29,31,36-38,40-48,50-53,55-69,71-77H2,1-3H3,(H,89,90)(H,91,92)/b19-16-,20-17-,24-21-,28-25-,32-26-,33-27-,35-30-,39-34-,54-49-/t78-,79+,80+/m0/s1. The van der Waals surface area contributed by atoms with Gasteiger partial charge in [-0.25, -0.2) is 9.13 Å². The van der Waals surface area contributed by atoms with Crippen LogP contribution in [0.25, 0.3) is 0 Å². The highest BCUT2D eigenvalue weighted by atomic mass is 31.2. The van der Waals surface area contributed by atoms with Crippen molar-refractivity contribution in [3.05, 3.63) is 109 Å². The number of unbranched alkanes of at least 4 members (excludes halogenated alkanes) is 33. The highest BCUT2D eigenvalue weighted by Crippen LogP contribution is 2.45. The summed E-state index contributed by atoms with van der Waals surface area (Å²) >= 11 is 0. The maximum absolute atomic E-state index is 13.1. The van der Waals surface area contributed by atoms with E-state index in [1.54, 1.807) is 0 Å². The van der Waals surface area contributed by atoms with Crippen LogP contribution < -0.4 is 0 Å². The molecule has 0 bridgehead atoms. The van der Waals surface area contributed by atoms with Crippen LogP contribution >= 0.6 is 15.6 Å². The van der Waals surface area contributed by atoms with Gasteiger partial charge in [-0.05, 0) is 154 Å². The van der Waals surface area contributed by atoms with Crippen molar-refractivity contribution in [1.82, 2.24) is 0 Å². The topological polar surface area (TPSA) is 237 Å². The van der Waals surface area contributed by atoms with Crippen LogP contribution in [0.2, 0.25) is 0 Å². The zero-order chi connectivity index (χ0) is 74.4. The number of hydrogen-bond acceptors (Lipinski definition) is 15. The maximum atomic E-state index is 13.1. The van der Waals surface area contributed by atoms with Gasteiger partial charge in [-0.1, -0.05) is 259 Å². The number of esters is 3. The lowest BCUT2D eigenvalue weighted by molar-refractivity contribution is -0.161. The van der Waals surface area contributed by atoms with Crippen molar-refractivity contribution in [3.8, 4) is 0 Å². The summed E-state index contributed by atoms with van der Waals surface area (Å²) < 4.78 is 69.3. The van der Waals surface area contributed by atoms with Crippen molar-refractivity contribution in [2.75, 3.05) is 46.2 Å². The van der Waals surface area contributed by atoms with Gasteiger partial charge in [-0.3, -0.25) is 32.5 Å². The number of phosphoric ester groups is 2. The Hall–Kier alpha value is -4.12. The Labute approximate surface area is 619 Å². The summed E-state index contributed by atoms with van der Waals surface area (Å²) in [6.07, 6.45) is 82.8. The minimum Gasteiger partial charge on any atom is -0.463 e. The summed E-state index contributed by atoms with van der Waals surface area (Å²) in [7, 11) is -9.83. The molecule has 0 aliphatic rings. The molecule has 3 N–H and O–H groups in total. The monoisotopic (exact) mass is 1470 g/mol. The smallest absolute Gasteiger partial charge is 0.463 e. The predicted molar refractivity (Wildman–Crippen MR) is 418 cm³/mol. The summed E-state index contributed by atoms with van der Waals surface area (Å²) in [5.41, 5.74) is 0. The first kappa shape index (κ1) is 97.9. The Morgan fingerprint density at radius 3 is 1.04 bits per heavy atom. The number of ether oxygens (including phenoxy) is 4. The molecule has 102 heavy (non-hydrogen) atoms. The minimum atomic E-state index is -4.97. The molecule has 0 saturated heterocycles.